The van der Waals surface area contributed by atoms with Gasteiger partial charge in [0.05, 0.1) is 0 Å². The lowest BCUT2D eigenvalue weighted by Gasteiger charge is -2.17. The van der Waals surface area contributed by atoms with Crippen molar-refractivity contribution in [2.24, 2.45) is 5.73 Å². The van der Waals surface area contributed by atoms with Gasteiger partial charge in [0.2, 0.25) is 5.91 Å². The van der Waals surface area contributed by atoms with Gasteiger partial charge in [0.15, 0.2) is 0 Å². The van der Waals surface area contributed by atoms with Gasteiger partial charge in [-0.25, -0.2) is 0 Å². The zero-order valence-electron chi connectivity index (χ0n) is 9.59. The maximum atomic E-state index is 11.4. The largest absolute Gasteiger partial charge is 0.368 e. The smallest absolute Gasteiger partial charge is 0.239 e. The van der Waals surface area contributed by atoms with Crippen LogP contribution in [-0.2, 0) is 4.79 Å². The third-order valence-electron chi connectivity index (χ3n) is 2.43. The van der Waals surface area contributed by atoms with Crippen LogP contribution in [0.15, 0.2) is 18.2 Å². The first kappa shape index (κ1) is 13.0. The molecule has 0 bridgehead atoms. The standard InChI is InChI=1S/C12H17ClN2O/c1-3-6-15-11(12(14)16)10-5-4-9(13)7-8(10)2/h4-5,7,11,15H,3,6H2,1-2H3,(H2,14,16). The van der Waals surface area contributed by atoms with E-state index in [0.717, 1.165) is 24.1 Å². The van der Waals surface area contributed by atoms with Crippen LogP contribution < -0.4 is 11.1 Å². The van der Waals surface area contributed by atoms with Crippen molar-refractivity contribution in [1.82, 2.24) is 5.32 Å². The van der Waals surface area contributed by atoms with Crippen molar-refractivity contribution in [2.75, 3.05) is 6.54 Å². The van der Waals surface area contributed by atoms with Crippen molar-refractivity contribution in [1.29, 1.82) is 0 Å². The van der Waals surface area contributed by atoms with Crippen LogP contribution in [0.5, 0.6) is 0 Å². The Hall–Kier alpha value is -1.06. The van der Waals surface area contributed by atoms with E-state index in [1.54, 1.807) is 6.07 Å². The summed E-state index contributed by atoms with van der Waals surface area (Å²) in [5, 5.41) is 3.79. The number of primary amides is 1. The molecule has 0 radical (unpaired) electrons. The van der Waals surface area contributed by atoms with Crippen molar-refractivity contribution < 1.29 is 4.79 Å². The van der Waals surface area contributed by atoms with Crippen LogP contribution in [0.25, 0.3) is 0 Å². The van der Waals surface area contributed by atoms with E-state index >= 15 is 0 Å². The normalized spacial score (nSPS) is 12.4. The molecule has 1 amide bonds. The summed E-state index contributed by atoms with van der Waals surface area (Å²) in [6.45, 7) is 4.72. The Morgan fingerprint density at radius 1 is 1.56 bits per heavy atom. The van der Waals surface area contributed by atoms with Crippen LogP contribution in [0.1, 0.15) is 30.5 Å². The summed E-state index contributed by atoms with van der Waals surface area (Å²) < 4.78 is 0. The fourth-order valence-corrected chi connectivity index (χ4v) is 1.84. The van der Waals surface area contributed by atoms with E-state index in [1.165, 1.54) is 0 Å². The topological polar surface area (TPSA) is 55.1 Å². The minimum atomic E-state index is -0.433. The van der Waals surface area contributed by atoms with Gasteiger partial charge < -0.3 is 11.1 Å². The summed E-state index contributed by atoms with van der Waals surface area (Å²) in [5.41, 5.74) is 7.25. The highest BCUT2D eigenvalue weighted by atomic mass is 35.5. The van der Waals surface area contributed by atoms with E-state index in [9.17, 15) is 4.79 Å². The minimum Gasteiger partial charge on any atom is -0.368 e. The summed E-state index contributed by atoms with van der Waals surface area (Å²) in [6, 6.07) is 5.01. The molecule has 0 saturated carbocycles. The van der Waals surface area contributed by atoms with Gasteiger partial charge in [-0.3, -0.25) is 4.79 Å². The van der Waals surface area contributed by atoms with Crippen molar-refractivity contribution in [3.8, 4) is 0 Å². The third kappa shape index (κ3) is 3.22. The molecule has 1 unspecified atom stereocenters. The van der Waals surface area contributed by atoms with Crippen LogP contribution in [0.2, 0.25) is 5.02 Å². The Labute approximate surface area is 101 Å². The predicted octanol–water partition coefficient (Wildman–Crippen LogP) is 2.17. The molecule has 0 heterocycles. The summed E-state index contributed by atoms with van der Waals surface area (Å²) in [6.07, 6.45) is 0.955. The molecule has 1 atom stereocenters. The Balaban J connectivity index is 2.96. The molecule has 88 valence electrons. The molecule has 1 rings (SSSR count). The first-order chi connectivity index (χ1) is 7.56. The Morgan fingerprint density at radius 3 is 2.75 bits per heavy atom. The average molecular weight is 241 g/mol. The highest BCUT2D eigenvalue weighted by molar-refractivity contribution is 6.30. The maximum absolute atomic E-state index is 11.4. The number of halogens is 1. The number of nitrogens with one attached hydrogen (secondary N) is 1. The van der Waals surface area contributed by atoms with E-state index < -0.39 is 6.04 Å². The Bertz CT molecular complexity index is 379. The molecule has 0 fully saturated rings. The Morgan fingerprint density at radius 2 is 2.25 bits per heavy atom. The number of aryl methyl sites for hydroxylation is 1. The quantitative estimate of drug-likeness (QED) is 0.829. The fourth-order valence-electron chi connectivity index (χ4n) is 1.62. The summed E-state index contributed by atoms with van der Waals surface area (Å²) in [7, 11) is 0. The monoisotopic (exact) mass is 240 g/mol. The van der Waals surface area contributed by atoms with Gasteiger partial charge >= 0.3 is 0 Å². The molecule has 0 saturated heterocycles. The van der Waals surface area contributed by atoms with E-state index in [4.69, 9.17) is 17.3 Å². The zero-order valence-corrected chi connectivity index (χ0v) is 10.3. The van der Waals surface area contributed by atoms with Gasteiger partial charge in [-0.2, -0.15) is 0 Å². The Kier molecular flexibility index (Phi) is 4.77. The molecule has 3 nitrogen and oxygen atoms in total. The van der Waals surface area contributed by atoms with Gasteiger partial charge in [0.1, 0.15) is 6.04 Å². The summed E-state index contributed by atoms with van der Waals surface area (Å²) in [4.78, 5) is 11.4. The average Bonchev–Trinajstić information content (AvgIpc) is 2.20. The van der Waals surface area contributed by atoms with E-state index in [2.05, 4.69) is 5.32 Å². The number of hydrogen-bond acceptors (Lipinski definition) is 2. The van der Waals surface area contributed by atoms with Gasteiger partial charge in [0.25, 0.3) is 0 Å². The lowest BCUT2D eigenvalue weighted by atomic mass is 10.0. The molecule has 3 N–H and O–H groups in total. The first-order valence-electron chi connectivity index (χ1n) is 5.35. The minimum absolute atomic E-state index is 0.362. The van der Waals surface area contributed by atoms with Gasteiger partial charge in [-0.1, -0.05) is 24.6 Å². The molecular weight excluding hydrogens is 224 g/mol. The molecule has 0 aliphatic heterocycles. The molecular formula is C12H17ClN2O. The molecule has 16 heavy (non-hydrogen) atoms. The molecule has 0 spiro atoms. The fraction of sp³-hybridized carbons (Fsp3) is 0.417. The number of carbonyl (C=O) groups excluding carboxylic acids is 1. The predicted molar refractivity (Wildman–Crippen MR) is 66.4 cm³/mol. The number of hydrogen-bond donors (Lipinski definition) is 2. The van der Waals surface area contributed by atoms with Gasteiger partial charge in [-0.15, -0.1) is 0 Å². The van der Waals surface area contributed by atoms with Crippen molar-refractivity contribution >= 4 is 17.5 Å². The van der Waals surface area contributed by atoms with Crippen LogP contribution in [-0.4, -0.2) is 12.5 Å². The van der Waals surface area contributed by atoms with Gasteiger partial charge in [-0.05, 0) is 43.1 Å². The number of benzene rings is 1. The van der Waals surface area contributed by atoms with Crippen molar-refractivity contribution in [3.05, 3.63) is 34.3 Å². The second-order valence-corrected chi connectivity index (χ2v) is 4.23. The molecule has 1 aromatic rings. The highest BCUT2D eigenvalue weighted by Crippen LogP contribution is 2.21. The lowest BCUT2D eigenvalue weighted by Crippen LogP contribution is -2.34. The van der Waals surface area contributed by atoms with Crippen LogP contribution in [0, 0.1) is 6.92 Å². The van der Waals surface area contributed by atoms with Crippen molar-refractivity contribution in [2.45, 2.75) is 26.3 Å². The number of rotatable bonds is 5. The lowest BCUT2D eigenvalue weighted by molar-refractivity contribution is -0.120. The molecule has 0 aliphatic rings. The SMILES string of the molecule is CCCNC(C(N)=O)c1ccc(Cl)cc1C. The van der Waals surface area contributed by atoms with E-state index in [1.807, 2.05) is 26.0 Å². The molecule has 1 aromatic carbocycles. The van der Waals surface area contributed by atoms with Crippen molar-refractivity contribution in [3.63, 3.8) is 0 Å². The molecule has 0 aromatic heterocycles. The van der Waals surface area contributed by atoms with Gasteiger partial charge in [0, 0.05) is 5.02 Å². The highest BCUT2D eigenvalue weighted by Gasteiger charge is 2.18. The third-order valence-corrected chi connectivity index (χ3v) is 2.66. The number of carbonyl (C=O) groups is 1. The first-order valence-corrected chi connectivity index (χ1v) is 5.72. The number of nitrogens with two attached hydrogens (primary N) is 1. The second-order valence-electron chi connectivity index (χ2n) is 3.79. The summed E-state index contributed by atoms with van der Waals surface area (Å²) >= 11 is 5.87. The van der Waals surface area contributed by atoms with Crippen LogP contribution in [0.4, 0.5) is 0 Å². The molecule has 4 heteroatoms. The van der Waals surface area contributed by atoms with E-state index in [0.29, 0.717) is 5.02 Å². The maximum Gasteiger partial charge on any atom is 0.239 e. The van der Waals surface area contributed by atoms with Crippen LogP contribution in [0.3, 0.4) is 0 Å². The van der Waals surface area contributed by atoms with Crippen LogP contribution >= 0.6 is 11.6 Å². The zero-order chi connectivity index (χ0) is 12.1. The summed E-state index contributed by atoms with van der Waals surface area (Å²) in [5.74, 6) is -0.362. The van der Waals surface area contributed by atoms with E-state index in [-0.39, 0.29) is 5.91 Å². The second kappa shape index (κ2) is 5.87. The molecule has 0 aliphatic carbocycles. The number of amides is 1.